The van der Waals surface area contributed by atoms with E-state index in [2.05, 4.69) is 16.0 Å². The SMILES string of the molecule is COCCOc1ccc(NC(=O)CNc2cccc(NC(=O)CCc3ccccc3)c2)cc1. The van der Waals surface area contributed by atoms with E-state index in [0.717, 1.165) is 11.3 Å². The van der Waals surface area contributed by atoms with E-state index in [1.165, 1.54) is 0 Å². The molecular formula is C26H29N3O4. The summed E-state index contributed by atoms with van der Waals surface area (Å²) in [4.78, 5) is 24.5. The number of methoxy groups -OCH3 is 1. The molecule has 0 atom stereocenters. The predicted octanol–water partition coefficient (Wildman–Crippen LogP) is 4.33. The van der Waals surface area contributed by atoms with Crippen molar-refractivity contribution in [3.63, 3.8) is 0 Å². The van der Waals surface area contributed by atoms with Crippen LogP contribution in [0.2, 0.25) is 0 Å². The van der Waals surface area contributed by atoms with Crippen molar-refractivity contribution in [1.29, 1.82) is 0 Å². The van der Waals surface area contributed by atoms with Crippen molar-refractivity contribution in [2.24, 2.45) is 0 Å². The lowest BCUT2D eigenvalue weighted by Gasteiger charge is -2.11. The minimum Gasteiger partial charge on any atom is -0.491 e. The first-order chi connectivity index (χ1) is 16.1. The lowest BCUT2D eigenvalue weighted by atomic mass is 10.1. The van der Waals surface area contributed by atoms with Crippen LogP contribution in [0.1, 0.15) is 12.0 Å². The van der Waals surface area contributed by atoms with Gasteiger partial charge >= 0.3 is 0 Å². The molecule has 2 amide bonds. The van der Waals surface area contributed by atoms with Crippen molar-refractivity contribution in [2.45, 2.75) is 12.8 Å². The van der Waals surface area contributed by atoms with Crippen LogP contribution in [0.3, 0.4) is 0 Å². The molecule has 0 aliphatic heterocycles. The molecule has 3 aromatic rings. The van der Waals surface area contributed by atoms with Gasteiger partial charge in [0.2, 0.25) is 11.8 Å². The molecule has 33 heavy (non-hydrogen) atoms. The maximum absolute atomic E-state index is 12.3. The Hall–Kier alpha value is -3.84. The van der Waals surface area contributed by atoms with Gasteiger partial charge in [-0.3, -0.25) is 9.59 Å². The Balaban J connectivity index is 1.42. The van der Waals surface area contributed by atoms with Crippen molar-refractivity contribution < 1.29 is 19.1 Å². The van der Waals surface area contributed by atoms with Crippen molar-refractivity contribution in [3.05, 3.63) is 84.4 Å². The van der Waals surface area contributed by atoms with Gasteiger partial charge in [-0.2, -0.15) is 0 Å². The Kier molecular flexibility index (Phi) is 9.29. The number of hydrogen-bond donors (Lipinski definition) is 3. The molecule has 0 bridgehead atoms. The van der Waals surface area contributed by atoms with E-state index in [4.69, 9.17) is 9.47 Å². The van der Waals surface area contributed by atoms with Crippen LogP contribution in [0.15, 0.2) is 78.9 Å². The highest BCUT2D eigenvalue weighted by Gasteiger charge is 2.06. The molecule has 0 aliphatic carbocycles. The van der Waals surface area contributed by atoms with E-state index >= 15 is 0 Å². The fourth-order valence-corrected chi connectivity index (χ4v) is 3.10. The van der Waals surface area contributed by atoms with Crippen LogP contribution >= 0.6 is 0 Å². The highest BCUT2D eigenvalue weighted by atomic mass is 16.5. The highest BCUT2D eigenvalue weighted by molar-refractivity contribution is 5.94. The standard InChI is InChI=1S/C26H29N3O4/c1-32-16-17-33-24-13-11-21(12-14-24)28-26(31)19-27-22-8-5-9-23(18-22)29-25(30)15-10-20-6-3-2-4-7-20/h2-9,11-14,18,27H,10,15-17,19H2,1H3,(H,28,31)(H,29,30). The van der Waals surface area contributed by atoms with Gasteiger partial charge in [-0.25, -0.2) is 0 Å². The molecule has 3 rings (SSSR count). The van der Waals surface area contributed by atoms with Gasteiger partial charge in [0.25, 0.3) is 0 Å². The molecule has 3 aromatic carbocycles. The lowest BCUT2D eigenvalue weighted by Crippen LogP contribution is -2.21. The summed E-state index contributed by atoms with van der Waals surface area (Å²) >= 11 is 0. The molecule has 0 unspecified atom stereocenters. The number of aryl methyl sites for hydroxylation is 1. The van der Waals surface area contributed by atoms with Gasteiger partial charge in [0.15, 0.2) is 0 Å². The van der Waals surface area contributed by atoms with Crippen LogP contribution in [0, 0.1) is 0 Å². The van der Waals surface area contributed by atoms with Crippen LogP contribution in [-0.4, -0.2) is 38.7 Å². The largest absolute Gasteiger partial charge is 0.491 e. The number of rotatable bonds is 12. The molecule has 7 heteroatoms. The molecule has 0 fully saturated rings. The van der Waals surface area contributed by atoms with Gasteiger partial charge in [0.1, 0.15) is 12.4 Å². The molecule has 0 heterocycles. The normalized spacial score (nSPS) is 10.3. The third kappa shape index (κ3) is 8.66. The van der Waals surface area contributed by atoms with Gasteiger partial charge in [0, 0.05) is 30.6 Å². The monoisotopic (exact) mass is 447 g/mol. The highest BCUT2D eigenvalue weighted by Crippen LogP contribution is 2.17. The first-order valence-corrected chi connectivity index (χ1v) is 10.8. The van der Waals surface area contributed by atoms with Gasteiger partial charge in [-0.05, 0) is 54.4 Å². The number of hydrogen-bond acceptors (Lipinski definition) is 5. The summed E-state index contributed by atoms with van der Waals surface area (Å²) in [6.07, 6.45) is 1.09. The average Bonchev–Trinajstić information content (AvgIpc) is 2.84. The zero-order valence-corrected chi connectivity index (χ0v) is 18.7. The smallest absolute Gasteiger partial charge is 0.243 e. The Morgan fingerprint density at radius 1 is 0.758 bits per heavy atom. The van der Waals surface area contributed by atoms with Crippen molar-refractivity contribution >= 4 is 28.9 Å². The van der Waals surface area contributed by atoms with Crippen LogP contribution in [-0.2, 0) is 20.7 Å². The van der Waals surface area contributed by atoms with Crippen molar-refractivity contribution in [2.75, 3.05) is 42.8 Å². The van der Waals surface area contributed by atoms with Gasteiger partial charge < -0.3 is 25.4 Å². The molecular weight excluding hydrogens is 418 g/mol. The molecule has 0 aliphatic rings. The number of amides is 2. The second-order valence-electron chi connectivity index (χ2n) is 7.38. The van der Waals surface area contributed by atoms with Crippen LogP contribution in [0.5, 0.6) is 5.75 Å². The third-order valence-corrected chi connectivity index (χ3v) is 4.78. The van der Waals surface area contributed by atoms with Gasteiger partial charge in [-0.1, -0.05) is 36.4 Å². The summed E-state index contributed by atoms with van der Waals surface area (Å²) < 4.78 is 10.5. The Morgan fingerprint density at radius 2 is 1.48 bits per heavy atom. The summed E-state index contributed by atoms with van der Waals surface area (Å²) in [7, 11) is 1.62. The van der Waals surface area contributed by atoms with E-state index in [-0.39, 0.29) is 18.4 Å². The second-order valence-corrected chi connectivity index (χ2v) is 7.38. The second kappa shape index (κ2) is 12.9. The van der Waals surface area contributed by atoms with Gasteiger partial charge in [0.05, 0.1) is 13.2 Å². The number of nitrogens with one attached hydrogen (secondary N) is 3. The van der Waals surface area contributed by atoms with Crippen LogP contribution < -0.4 is 20.7 Å². The summed E-state index contributed by atoms with van der Waals surface area (Å²) in [5, 5.41) is 8.82. The zero-order valence-electron chi connectivity index (χ0n) is 18.7. The maximum atomic E-state index is 12.3. The number of ether oxygens (including phenoxy) is 2. The Bertz CT molecular complexity index is 1020. The number of anilines is 3. The van der Waals surface area contributed by atoms with E-state index < -0.39 is 0 Å². The molecule has 7 nitrogen and oxygen atoms in total. The summed E-state index contributed by atoms with van der Waals surface area (Å²) in [6, 6.07) is 24.4. The number of carbonyl (C=O) groups excluding carboxylic acids is 2. The third-order valence-electron chi connectivity index (χ3n) is 4.78. The number of benzene rings is 3. The first-order valence-electron chi connectivity index (χ1n) is 10.8. The lowest BCUT2D eigenvalue weighted by molar-refractivity contribution is -0.116. The minimum atomic E-state index is -0.180. The van der Waals surface area contributed by atoms with Gasteiger partial charge in [-0.15, -0.1) is 0 Å². The zero-order chi connectivity index (χ0) is 23.3. The molecule has 0 aromatic heterocycles. The fourth-order valence-electron chi connectivity index (χ4n) is 3.10. The molecule has 0 saturated carbocycles. The predicted molar refractivity (Wildman–Crippen MR) is 131 cm³/mol. The molecule has 0 saturated heterocycles. The van der Waals surface area contributed by atoms with E-state index in [9.17, 15) is 9.59 Å². The molecule has 3 N–H and O–H groups in total. The average molecular weight is 448 g/mol. The van der Waals surface area contributed by atoms with Crippen LogP contribution in [0.25, 0.3) is 0 Å². The minimum absolute atomic E-state index is 0.0524. The topological polar surface area (TPSA) is 88.7 Å². The fraction of sp³-hybridized carbons (Fsp3) is 0.231. The Labute approximate surface area is 194 Å². The van der Waals surface area contributed by atoms with Crippen molar-refractivity contribution in [3.8, 4) is 5.75 Å². The van der Waals surface area contributed by atoms with Crippen molar-refractivity contribution in [1.82, 2.24) is 0 Å². The van der Waals surface area contributed by atoms with E-state index in [0.29, 0.717) is 43.2 Å². The molecule has 0 radical (unpaired) electrons. The molecule has 172 valence electrons. The van der Waals surface area contributed by atoms with Crippen LogP contribution in [0.4, 0.5) is 17.1 Å². The molecule has 0 spiro atoms. The summed E-state index contributed by atoms with van der Waals surface area (Å²) in [5.41, 5.74) is 3.23. The Morgan fingerprint density at radius 3 is 2.24 bits per heavy atom. The van der Waals surface area contributed by atoms with E-state index in [1.807, 2.05) is 48.5 Å². The number of carbonyl (C=O) groups is 2. The summed E-state index contributed by atoms with van der Waals surface area (Å²) in [6.45, 7) is 1.08. The van der Waals surface area contributed by atoms with E-state index in [1.54, 1.807) is 37.4 Å². The summed E-state index contributed by atoms with van der Waals surface area (Å²) in [5.74, 6) is 0.481. The quantitative estimate of drug-likeness (QED) is 0.360. The maximum Gasteiger partial charge on any atom is 0.243 e. The first kappa shape index (κ1) is 23.8.